The van der Waals surface area contributed by atoms with Crippen molar-refractivity contribution in [2.45, 2.75) is 26.3 Å². The van der Waals surface area contributed by atoms with E-state index in [9.17, 15) is 4.79 Å². The molecule has 0 saturated heterocycles. The van der Waals surface area contributed by atoms with E-state index in [2.05, 4.69) is 10.1 Å². The Bertz CT molecular complexity index is 1200. The van der Waals surface area contributed by atoms with Crippen molar-refractivity contribution >= 4 is 28.5 Å². The lowest BCUT2D eigenvalue weighted by Crippen LogP contribution is -2.05. The molecule has 0 fully saturated rings. The number of nitrogens with zero attached hydrogens (tertiary/aromatic N) is 4. The van der Waals surface area contributed by atoms with Crippen LogP contribution in [-0.2, 0) is 11.3 Å². The average Bonchev–Trinajstić information content (AvgIpc) is 3.38. The third-order valence-corrected chi connectivity index (χ3v) is 5.03. The number of rotatable bonds is 8. The molecule has 0 aliphatic carbocycles. The van der Waals surface area contributed by atoms with Gasteiger partial charge in [-0.1, -0.05) is 18.5 Å². The minimum absolute atomic E-state index is 0.0360. The molecule has 0 unspecified atom stereocenters. The molecule has 0 spiro atoms. The van der Waals surface area contributed by atoms with Crippen molar-refractivity contribution < 1.29 is 14.6 Å². The number of aromatic nitrogens is 4. The number of aryl methyl sites for hydroxylation is 1. The highest BCUT2D eigenvalue weighted by molar-refractivity contribution is 6.32. The molecule has 0 aliphatic heterocycles. The van der Waals surface area contributed by atoms with Gasteiger partial charge in [0.15, 0.2) is 0 Å². The predicted molar refractivity (Wildman–Crippen MR) is 115 cm³/mol. The Balaban J connectivity index is 1.57. The van der Waals surface area contributed by atoms with Gasteiger partial charge < -0.3 is 14.4 Å². The molecular formula is C22H21ClN4O3. The molecule has 2 aromatic heterocycles. The molecule has 1 N–H and O–H groups in total. The first-order chi connectivity index (χ1) is 14.5. The smallest absolute Gasteiger partial charge is 0.305 e. The number of carboxylic acids is 1. The van der Waals surface area contributed by atoms with Crippen LogP contribution in [0.5, 0.6) is 5.75 Å². The van der Waals surface area contributed by atoms with Gasteiger partial charge in [0, 0.05) is 22.8 Å². The number of halogens is 1. The van der Waals surface area contributed by atoms with Gasteiger partial charge in [-0.2, -0.15) is 5.10 Å². The summed E-state index contributed by atoms with van der Waals surface area (Å²) >= 11 is 6.35. The third kappa shape index (κ3) is 4.16. The molecule has 0 aliphatic rings. The summed E-state index contributed by atoms with van der Waals surface area (Å²) in [5, 5.41) is 14.7. The number of carboxylic acid groups (broad SMARTS) is 1. The maximum atomic E-state index is 10.8. The summed E-state index contributed by atoms with van der Waals surface area (Å²) < 4.78 is 9.26. The predicted octanol–water partition coefficient (Wildman–Crippen LogP) is 4.81. The topological polar surface area (TPSA) is 82.2 Å². The van der Waals surface area contributed by atoms with Crippen LogP contribution < -0.4 is 4.74 Å². The fraction of sp³-hybridized carbons (Fsp3) is 0.227. The summed E-state index contributed by atoms with van der Waals surface area (Å²) in [6.07, 6.45) is 6.39. The zero-order valence-electron chi connectivity index (χ0n) is 16.5. The van der Waals surface area contributed by atoms with Gasteiger partial charge in [0.05, 0.1) is 48.3 Å². The number of aliphatic carboxylic acids is 1. The Hall–Kier alpha value is -3.32. The van der Waals surface area contributed by atoms with Gasteiger partial charge in [0.25, 0.3) is 0 Å². The van der Waals surface area contributed by atoms with E-state index in [4.69, 9.17) is 21.4 Å². The zero-order chi connectivity index (χ0) is 21.1. The van der Waals surface area contributed by atoms with E-state index >= 15 is 0 Å². The van der Waals surface area contributed by atoms with Crippen LogP contribution in [-0.4, -0.2) is 37.0 Å². The second-order valence-electron chi connectivity index (χ2n) is 6.91. The molecule has 0 saturated carbocycles. The van der Waals surface area contributed by atoms with E-state index < -0.39 is 5.97 Å². The van der Waals surface area contributed by atoms with Crippen LogP contribution in [0.25, 0.3) is 27.8 Å². The fourth-order valence-corrected chi connectivity index (χ4v) is 3.45. The number of ether oxygens (including phenoxy) is 1. The van der Waals surface area contributed by atoms with Gasteiger partial charge in [-0.25, -0.2) is 4.98 Å². The molecule has 0 amide bonds. The second kappa shape index (κ2) is 8.59. The van der Waals surface area contributed by atoms with Crippen molar-refractivity contribution in [2.75, 3.05) is 6.61 Å². The molecule has 2 heterocycles. The van der Waals surface area contributed by atoms with Crippen LogP contribution >= 0.6 is 11.6 Å². The lowest BCUT2D eigenvalue weighted by Gasteiger charge is -2.07. The van der Waals surface area contributed by atoms with Crippen LogP contribution in [0.4, 0.5) is 0 Å². The lowest BCUT2D eigenvalue weighted by atomic mass is 10.1. The molecule has 4 aromatic rings. The van der Waals surface area contributed by atoms with Crippen molar-refractivity contribution in [2.24, 2.45) is 0 Å². The van der Waals surface area contributed by atoms with Gasteiger partial charge in [0.1, 0.15) is 5.75 Å². The van der Waals surface area contributed by atoms with E-state index in [1.54, 1.807) is 17.2 Å². The largest absolute Gasteiger partial charge is 0.492 e. The molecule has 4 rings (SSSR count). The average molecular weight is 425 g/mol. The minimum atomic E-state index is -0.841. The standard InChI is InChI=1S/C22H21ClN4O3/c1-2-9-30-21-6-3-15(11-18(21)23)19-13-26(14-24-19)17-4-5-20-16(10-17)12-25-27(20)8-7-22(28)29/h3-6,10-14H,2,7-9H2,1H3,(H,28,29). The van der Waals surface area contributed by atoms with Crippen LogP contribution in [0.1, 0.15) is 19.8 Å². The Morgan fingerprint density at radius 3 is 2.87 bits per heavy atom. The molecular weight excluding hydrogens is 404 g/mol. The molecule has 0 radical (unpaired) electrons. The summed E-state index contributed by atoms with van der Waals surface area (Å²) in [5.74, 6) is -0.168. The molecule has 7 nitrogen and oxygen atoms in total. The first-order valence-electron chi connectivity index (χ1n) is 9.69. The Morgan fingerprint density at radius 2 is 2.10 bits per heavy atom. The van der Waals surface area contributed by atoms with Crippen LogP contribution in [0.3, 0.4) is 0 Å². The van der Waals surface area contributed by atoms with E-state index in [0.717, 1.165) is 34.3 Å². The number of imidazole rings is 1. The van der Waals surface area contributed by atoms with Crippen molar-refractivity contribution in [1.29, 1.82) is 0 Å². The Morgan fingerprint density at radius 1 is 1.23 bits per heavy atom. The fourth-order valence-electron chi connectivity index (χ4n) is 3.22. The Labute approximate surface area is 178 Å². The van der Waals surface area contributed by atoms with Gasteiger partial charge in [0.2, 0.25) is 0 Å². The molecule has 8 heteroatoms. The minimum Gasteiger partial charge on any atom is -0.492 e. The van der Waals surface area contributed by atoms with E-state index in [1.807, 2.05) is 54.1 Å². The van der Waals surface area contributed by atoms with Crippen molar-refractivity contribution in [3.8, 4) is 22.7 Å². The summed E-state index contributed by atoms with van der Waals surface area (Å²) in [4.78, 5) is 15.3. The quantitative estimate of drug-likeness (QED) is 0.439. The number of hydrogen-bond acceptors (Lipinski definition) is 4. The number of carbonyl (C=O) groups is 1. The number of benzene rings is 2. The summed E-state index contributed by atoms with van der Waals surface area (Å²) in [5.41, 5.74) is 3.55. The lowest BCUT2D eigenvalue weighted by molar-refractivity contribution is -0.137. The second-order valence-corrected chi connectivity index (χ2v) is 7.32. The van der Waals surface area contributed by atoms with Crippen LogP contribution in [0.15, 0.2) is 55.1 Å². The summed E-state index contributed by atoms with van der Waals surface area (Å²) in [7, 11) is 0. The SMILES string of the molecule is CCCOc1ccc(-c2cn(-c3ccc4c(cnn4CCC(=O)O)c3)cn2)cc1Cl. The molecule has 154 valence electrons. The molecule has 0 bridgehead atoms. The third-order valence-electron chi connectivity index (χ3n) is 4.73. The van der Waals surface area contributed by atoms with Crippen molar-refractivity contribution in [1.82, 2.24) is 19.3 Å². The number of hydrogen-bond donors (Lipinski definition) is 1. The van der Waals surface area contributed by atoms with Gasteiger partial charge >= 0.3 is 5.97 Å². The molecule has 2 aromatic carbocycles. The van der Waals surface area contributed by atoms with E-state index in [1.165, 1.54) is 0 Å². The van der Waals surface area contributed by atoms with Crippen molar-refractivity contribution in [3.05, 3.63) is 60.1 Å². The first-order valence-corrected chi connectivity index (χ1v) is 10.1. The highest BCUT2D eigenvalue weighted by Gasteiger charge is 2.10. The summed E-state index contributed by atoms with van der Waals surface area (Å²) in [6, 6.07) is 11.6. The zero-order valence-corrected chi connectivity index (χ0v) is 17.2. The maximum absolute atomic E-state index is 10.8. The van der Waals surface area contributed by atoms with Crippen LogP contribution in [0.2, 0.25) is 5.02 Å². The van der Waals surface area contributed by atoms with Crippen molar-refractivity contribution in [3.63, 3.8) is 0 Å². The highest BCUT2D eigenvalue weighted by atomic mass is 35.5. The van der Waals surface area contributed by atoms with Gasteiger partial charge in [-0.3, -0.25) is 9.48 Å². The first kappa shape index (κ1) is 20.0. The summed E-state index contributed by atoms with van der Waals surface area (Å²) in [6.45, 7) is 3.02. The van der Waals surface area contributed by atoms with Gasteiger partial charge in [-0.15, -0.1) is 0 Å². The van der Waals surface area contributed by atoms with Gasteiger partial charge in [-0.05, 0) is 42.8 Å². The maximum Gasteiger partial charge on any atom is 0.305 e. The molecule has 30 heavy (non-hydrogen) atoms. The monoisotopic (exact) mass is 424 g/mol. The normalized spacial score (nSPS) is 11.1. The number of fused-ring (bicyclic) bond motifs is 1. The Kier molecular flexibility index (Phi) is 5.72. The highest BCUT2D eigenvalue weighted by Crippen LogP contribution is 2.30. The molecule has 0 atom stereocenters. The van der Waals surface area contributed by atoms with E-state index in [-0.39, 0.29) is 6.42 Å². The van der Waals surface area contributed by atoms with Crippen LogP contribution in [0, 0.1) is 0 Å². The van der Waals surface area contributed by atoms with E-state index in [0.29, 0.717) is 23.9 Å².